The van der Waals surface area contributed by atoms with E-state index in [0.29, 0.717) is 5.56 Å². The van der Waals surface area contributed by atoms with Crippen molar-refractivity contribution in [2.45, 2.75) is 11.8 Å². The Balaban J connectivity index is 0.00000169. The van der Waals surface area contributed by atoms with Gasteiger partial charge in [-0.1, -0.05) is 17.7 Å². The molecule has 0 bridgehead atoms. The van der Waals surface area contributed by atoms with Gasteiger partial charge in [-0.25, -0.2) is 8.42 Å². The SMILES string of the molecule is Cc1ccc(S(=O)(=O)[O-])c(Cl)c1N.[K+]. The molecule has 2 N–H and O–H groups in total. The Morgan fingerprint density at radius 2 is 1.93 bits per heavy atom. The number of rotatable bonds is 1. The van der Waals surface area contributed by atoms with E-state index in [4.69, 9.17) is 17.3 Å². The first-order valence-electron chi connectivity index (χ1n) is 3.34. The predicted octanol–water partition coefficient (Wildman–Crippen LogP) is -1.86. The third-order valence-electron chi connectivity index (χ3n) is 1.63. The van der Waals surface area contributed by atoms with Crippen LogP contribution in [0.3, 0.4) is 0 Å². The number of aryl methyl sites for hydroxylation is 1. The summed E-state index contributed by atoms with van der Waals surface area (Å²) in [6, 6.07) is 2.59. The minimum Gasteiger partial charge on any atom is -0.744 e. The smallest absolute Gasteiger partial charge is 0.744 e. The third-order valence-corrected chi connectivity index (χ3v) is 3.03. The van der Waals surface area contributed by atoms with Gasteiger partial charge in [-0.3, -0.25) is 0 Å². The monoisotopic (exact) mass is 259 g/mol. The summed E-state index contributed by atoms with van der Waals surface area (Å²) in [6.07, 6.45) is 0. The Kier molecular flexibility index (Phi) is 5.59. The average Bonchev–Trinajstić information content (AvgIpc) is 1.98. The van der Waals surface area contributed by atoms with Crippen LogP contribution < -0.4 is 57.1 Å². The molecule has 0 heterocycles. The first kappa shape index (κ1) is 14.9. The van der Waals surface area contributed by atoms with Gasteiger partial charge in [0.15, 0.2) is 0 Å². The summed E-state index contributed by atoms with van der Waals surface area (Å²) >= 11 is 5.58. The number of hydrogen-bond donors (Lipinski definition) is 1. The van der Waals surface area contributed by atoms with Crippen LogP contribution in [0.25, 0.3) is 0 Å². The van der Waals surface area contributed by atoms with Crippen molar-refractivity contribution in [3.8, 4) is 0 Å². The molecule has 1 aromatic carbocycles. The van der Waals surface area contributed by atoms with Gasteiger partial charge in [0, 0.05) is 0 Å². The van der Waals surface area contributed by atoms with Gasteiger partial charge in [0.2, 0.25) is 0 Å². The van der Waals surface area contributed by atoms with Crippen molar-refractivity contribution < 1.29 is 64.4 Å². The molecular formula is C7H7ClKNO3S. The van der Waals surface area contributed by atoms with Gasteiger partial charge < -0.3 is 10.3 Å². The third kappa shape index (κ3) is 3.18. The summed E-state index contributed by atoms with van der Waals surface area (Å²) < 4.78 is 31.9. The second kappa shape index (κ2) is 5.27. The number of halogens is 1. The van der Waals surface area contributed by atoms with Gasteiger partial charge in [0.1, 0.15) is 10.1 Å². The summed E-state index contributed by atoms with van der Waals surface area (Å²) in [4.78, 5) is -0.475. The first-order chi connectivity index (χ1) is 5.84. The molecule has 7 heteroatoms. The van der Waals surface area contributed by atoms with Crippen LogP contribution in [0.1, 0.15) is 5.56 Å². The molecule has 0 aliphatic carbocycles. The van der Waals surface area contributed by atoms with Gasteiger partial charge >= 0.3 is 51.4 Å². The summed E-state index contributed by atoms with van der Waals surface area (Å²) in [5.41, 5.74) is 6.20. The van der Waals surface area contributed by atoms with Crippen LogP contribution in [0, 0.1) is 6.92 Å². The van der Waals surface area contributed by atoms with Crippen LogP contribution >= 0.6 is 11.6 Å². The van der Waals surface area contributed by atoms with Crippen LogP contribution in [0.15, 0.2) is 17.0 Å². The van der Waals surface area contributed by atoms with E-state index in [2.05, 4.69) is 0 Å². The largest absolute Gasteiger partial charge is 1.00 e. The maximum Gasteiger partial charge on any atom is 1.00 e. The van der Waals surface area contributed by atoms with Gasteiger partial charge in [0.25, 0.3) is 0 Å². The van der Waals surface area contributed by atoms with Gasteiger partial charge in [0.05, 0.1) is 15.6 Å². The Morgan fingerprint density at radius 3 is 2.36 bits per heavy atom. The molecular weight excluding hydrogens is 253 g/mol. The normalized spacial score (nSPS) is 10.8. The average molecular weight is 260 g/mol. The molecule has 1 aromatic rings. The number of nitrogens with two attached hydrogens (primary N) is 1. The van der Waals surface area contributed by atoms with Crippen LogP contribution in [0.5, 0.6) is 0 Å². The van der Waals surface area contributed by atoms with Crippen molar-refractivity contribution in [1.82, 2.24) is 0 Å². The van der Waals surface area contributed by atoms with E-state index in [1.54, 1.807) is 6.92 Å². The molecule has 0 aromatic heterocycles. The summed E-state index contributed by atoms with van der Waals surface area (Å²) in [5.74, 6) is 0. The number of benzene rings is 1. The van der Waals surface area contributed by atoms with Gasteiger partial charge in [-0.05, 0) is 18.6 Å². The predicted molar refractivity (Wildman–Crippen MR) is 48.6 cm³/mol. The minimum atomic E-state index is -4.53. The molecule has 1 rings (SSSR count). The number of anilines is 1. The van der Waals surface area contributed by atoms with E-state index in [-0.39, 0.29) is 62.1 Å². The number of nitrogen functional groups attached to an aromatic ring is 1. The molecule has 0 fully saturated rings. The van der Waals surface area contributed by atoms with E-state index in [1.165, 1.54) is 6.07 Å². The topological polar surface area (TPSA) is 83.2 Å². The molecule has 0 unspecified atom stereocenters. The van der Waals surface area contributed by atoms with E-state index in [9.17, 15) is 13.0 Å². The molecule has 0 aliphatic heterocycles. The van der Waals surface area contributed by atoms with E-state index >= 15 is 0 Å². The molecule has 0 saturated heterocycles. The Hall–Kier alpha value is 0.856. The summed E-state index contributed by atoms with van der Waals surface area (Å²) in [7, 11) is -4.53. The zero-order valence-corrected chi connectivity index (χ0v) is 12.4. The van der Waals surface area contributed by atoms with Crippen molar-refractivity contribution in [3.63, 3.8) is 0 Å². The molecule has 4 nitrogen and oxygen atoms in total. The van der Waals surface area contributed by atoms with E-state index in [0.717, 1.165) is 6.07 Å². The van der Waals surface area contributed by atoms with Crippen LogP contribution in [0.4, 0.5) is 5.69 Å². The Labute approximate surface area is 130 Å². The molecule has 0 radical (unpaired) electrons. The first-order valence-corrected chi connectivity index (χ1v) is 5.13. The van der Waals surface area contributed by atoms with Crippen molar-refractivity contribution in [3.05, 3.63) is 22.7 Å². The molecule has 0 spiro atoms. The second-order valence-corrected chi connectivity index (χ2v) is 4.29. The summed E-state index contributed by atoms with van der Waals surface area (Å²) in [6.45, 7) is 1.67. The maximum atomic E-state index is 10.6. The quantitative estimate of drug-likeness (QED) is 0.364. The zero-order chi connectivity index (χ0) is 10.2. The van der Waals surface area contributed by atoms with Crippen molar-refractivity contribution >= 4 is 27.4 Å². The fourth-order valence-electron chi connectivity index (χ4n) is 0.863. The molecule has 14 heavy (non-hydrogen) atoms. The van der Waals surface area contributed by atoms with Crippen molar-refractivity contribution in [2.24, 2.45) is 0 Å². The van der Waals surface area contributed by atoms with E-state index in [1.807, 2.05) is 0 Å². The van der Waals surface area contributed by atoms with Gasteiger partial charge in [-0.2, -0.15) is 0 Å². The molecule has 0 atom stereocenters. The van der Waals surface area contributed by atoms with E-state index < -0.39 is 15.0 Å². The van der Waals surface area contributed by atoms with Crippen LogP contribution in [-0.2, 0) is 10.1 Å². The Morgan fingerprint density at radius 1 is 1.43 bits per heavy atom. The van der Waals surface area contributed by atoms with Crippen molar-refractivity contribution in [2.75, 3.05) is 5.73 Å². The Bertz CT molecular complexity index is 446. The van der Waals surface area contributed by atoms with Crippen LogP contribution in [-0.4, -0.2) is 13.0 Å². The molecule has 0 aliphatic rings. The van der Waals surface area contributed by atoms with Gasteiger partial charge in [-0.15, -0.1) is 0 Å². The fraction of sp³-hybridized carbons (Fsp3) is 0.143. The van der Waals surface area contributed by atoms with Crippen LogP contribution in [0.2, 0.25) is 5.02 Å². The molecule has 0 saturated carbocycles. The molecule has 0 amide bonds. The maximum absolute atomic E-state index is 10.6. The minimum absolute atomic E-state index is 0. The fourth-order valence-corrected chi connectivity index (χ4v) is 1.92. The number of hydrogen-bond acceptors (Lipinski definition) is 4. The standard InChI is InChI=1S/C7H8ClNO3S.K/c1-4-2-3-5(13(10,11)12)6(8)7(4)9;/h2-3H,9H2,1H3,(H,10,11,12);/q;+1/p-1. The molecule has 72 valence electrons. The zero-order valence-electron chi connectivity index (χ0n) is 7.74. The van der Waals surface area contributed by atoms with Crippen molar-refractivity contribution in [1.29, 1.82) is 0 Å². The summed E-state index contributed by atoms with van der Waals surface area (Å²) in [5, 5.41) is -0.199. The second-order valence-electron chi connectivity index (χ2n) is 2.56.